The fourth-order valence-corrected chi connectivity index (χ4v) is 22.3. The van der Waals surface area contributed by atoms with Crippen molar-refractivity contribution in [2.45, 2.75) is 141 Å². The summed E-state index contributed by atoms with van der Waals surface area (Å²) in [4.78, 5) is 148. The number of H-pyrrole nitrogens is 3. The molecule has 21 rings (SSSR count). The van der Waals surface area contributed by atoms with Crippen molar-refractivity contribution >= 4 is 148 Å². The van der Waals surface area contributed by atoms with Crippen LogP contribution in [-0.2, 0) is 110 Å². The highest BCUT2D eigenvalue weighted by molar-refractivity contribution is 7.48. The van der Waals surface area contributed by atoms with Gasteiger partial charge in [-0.15, -0.1) is 0 Å². The number of aliphatic hydroxyl groups is 5. The number of phosphoric ester groups is 6. The van der Waals surface area contributed by atoms with Gasteiger partial charge in [0, 0.05) is 59.3 Å². The Morgan fingerprint density at radius 2 is 0.809 bits per heavy atom. The van der Waals surface area contributed by atoms with Crippen LogP contribution in [0.4, 0.5) is 34.6 Å². The van der Waals surface area contributed by atoms with Gasteiger partial charge in [0.2, 0.25) is 17.6 Å². The lowest BCUT2D eigenvalue weighted by Gasteiger charge is -2.26. The molecule has 0 aliphatic carbocycles. The van der Waals surface area contributed by atoms with E-state index >= 15 is 0 Å². The van der Waals surface area contributed by atoms with Crippen molar-refractivity contribution < 1.29 is 165 Å². The molecule has 21 heterocycles. The van der Waals surface area contributed by atoms with Crippen LogP contribution in [0.3, 0.4) is 0 Å². The highest BCUT2D eigenvalue weighted by Crippen LogP contribution is 2.59. The van der Waals surface area contributed by atoms with Crippen molar-refractivity contribution in [3.05, 3.63) is 147 Å². The molecule has 9 fully saturated rings. The molecule has 24 N–H and O–H groups in total. The number of pyridine rings is 4. The van der Waals surface area contributed by atoms with E-state index in [1.165, 1.54) is 90.9 Å². The van der Waals surface area contributed by atoms with Gasteiger partial charge in [0.05, 0.1) is 82.7 Å². The largest absolute Gasteiger partial charge is 0.473 e. The van der Waals surface area contributed by atoms with Crippen LogP contribution >= 0.6 is 46.9 Å². The Labute approximate surface area is 754 Å². The molecule has 0 saturated carbocycles. The molecule has 0 spiro atoms. The first-order chi connectivity index (χ1) is 64.5. The minimum absolute atomic E-state index is 0.00656. The quantitative estimate of drug-likeness (QED) is 0.0526. The molecule has 726 valence electrons. The standard InChI is InChI=1S/C23H25N9O13P2.C23H26N6O13P2.C22H25N9O12P2/c1-26-9-4-31(18-12(9)8(24)2-3-27-18)21-15(34)16-11(43-21)6-41-47(38,39)45-17-14(33)10(5-40-46(36,37)44-16)42-22(17)32-7-28-13-19(32)29-23(25)30-20(13)35;24-11-1-4-25-20-10(11)3-6-28(20)22-17(31)18-14(40-22)8-38-44(35,36)42-19-16(30)13(7-37-43(33,34)41-18)39-23(19)29-9-27-15-12(29)2-5-26-21(15)32;1-8-10-4-38-45(36,37)43-16-11(41-20(14(16)32)30-6-26-12-9(23)2-3-25-17(12)30)5-39-44(34,35)42-15(8)21(40-10)31-7-27-13-18(31)28-22(24)29-19(13)33/h2-4,7,10-11,14-17,21-22,33-34H,5-6H2,(H2,24,27)(H,36,37)(H,38,39)(H3,25,29,30,35);1-6,9,13-14,16-19,22-23,30-31H,7-8H2,(H2,24,25)(H,26,32)(H,33,34)(H,35,36);2-3,6-7,10-11,14-16,20-21,32H,1,4-5H2,(H2,23,25)(H,34,35)(H,36,37)(H3,24,28,29,33)/t10-,11-,14-,15-,16-,17-,21-,22-;13-,14-,16-,17-,18-,19-,22-,23-;10-,11-,14-,15-,16-,20-,21-/m111/s1. The maximum absolute atomic E-state index is 13.3. The molecule has 6 bridgehead atoms. The minimum Gasteiger partial charge on any atom is -0.399 e. The van der Waals surface area contributed by atoms with Gasteiger partial charge in [0.25, 0.3) is 16.7 Å². The Kier molecular flexibility index (Phi) is 24.9. The number of ether oxygens (including phenoxy) is 6. The molecular formula is C68H76N24O38P6. The number of aromatic nitrogens is 18. The van der Waals surface area contributed by atoms with E-state index in [4.69, 9.17) is 118 Å². The number of rotatable bonds is 6. The van der Waals surface area contributed by atoms with Crippen LogP contribution in [0.2, 0.25) is 0 Å². The van der Waals surface area contributed by atoms with Crippen LogP contribution in [0.1, 0.15) is 37.4 Å². The number of imidazole rings is 4. The zero-order valence-electron chi connectivity index (χ0n) is 68.6. The highest BCUT2D eigenvalue weighted by atomic mass is 31.2. The second-order valence-corrected chi connectivity index (χ2v) is 39.7. The van der Waals surface area contributed by atoms with Crippen LogP contribution in [0, 0.1) is 6.57 Å². The number of anilines is 5. The van der Waals surface area contributed by atoms with Gasteiger partial charge in [-0.1, -0.05) is 6.58 Å². The maximum Gasteiger partial charge on any atom is 0.473 e. The van der Waals surface area contributed by atoms with E-state index in [0.29, 0.717) is 27.9 Å². The van der Waals surface area contributed by atoms with Crippen LogP contribution in [0.15, 0.2) is 119 Å². The Morgan fingerprint density at radius 3 is 1.33 bits per heavy atom. The van der Waals surface area contributed by atoms with E-state index in [-0.39, 0.29) is 78.9 Å². The van der Waals surface area contributed by atoms with Crippen molar-refractivity contribution in [3.8, 4) is 0 Å². The fourth-order valence-electron chi connectivity index (χ4n) is 16.6. The first-order valence-electron chi connectivity index (χ1n) is 39.9. The average molecular weight is 2020 g/mol. The highest BCUT2D eigenvalue weighted by Gasteiger charge is 2.59. The van der Waals surface area contributed by atoms with Crippen LogP contribution in [-0.4, -0.2) is 286 Å². The van der Waals surface area contributed by atoms with Gasteiger partial charge in [-0.2, -0.15) is 9.97 Å². The molecule has 29 atom stereocenters. The van der Waals surface area contributed by atoms with Crippen molar-refractivity contribution in [3.63, 3.8) is 0 Å². The minimum atomic E-state index is -5.15. The molecule has 136 heavy (non-hydrogen) atoms. The molecule has 9 saturated heterocycles. The van der Waals surface area contributed by atoms with Gasteiger partial charge in [-0.05, 0) is 35.9 Å². The maximum atomic E-state index is 13.3. The first kappa shape index (κ1) is 94.5. The van der Waals surface area contributed by atoms with Gasteiger partial charge in [-0.25, -0.2) is 67.1 Å². The number of aliphatic hydroxyl groups excluding tert-OH is 5. The van der Waals surface area contributed by atoms with Crippen LogP contribution in [0.5, 0.6) is 0 Å². The van der Waals surface area contributed by atoms with Gasteiger partial charge in [0.1, 0.15) is 121 Å². The number of nitrogens with two attached hydrogens (primary N) is 5. The van der Waals surface area contributed by atoms with Gasteiger partial charge in [0.15, 0.2) is 70.9 Å². The number of nitrogens with zero attached hydrogens (tertiary/aromatic N) is 16. The lowest BCUT2D eigenvalue weighted by atomic mass is 10.1. The third kappa shape index (κ3) is 17.8. The number of nitrogen functional groups attached to an aromatic ring is 5. The summed E-state index contributed by atoms with van der Waals surface area (Å²) >= 11 is 0. The molecule has 9 aliphatic heterocycles. The van der Waals surface area contributed by atoms with E-state index in [1.54, 1.807) is 12.1 Å². The number of fused-ring (bicyclic) bond motifs is 15. The molecule has 9 aliphatic rings. The number of phosphoric acid groups is 6. The van der Waals surface area contributed by atoms with Gasteiger partial charge >= 0.3 is 46.9 Å². The predicted octanol–water partition coefficient (Wildman–Crippen LogP) is -1.23. The van der Waals surface area contributed by atoms with Crippen molar-refractivity contribution in [2.75, 3.05) is 68.3 Å². The SMILES string of the molecule is C=C1[C@H]2OP(=O)(O)OC[C@H]3O[C@@H](n4cnc5c(N)ccnc54)[C@H](O)[C@@H]3OP(=O)(O)OC[C@H]1O[C@H]2n1cnc2c(=O)[nH]c(N)nc21.Nc1ccnc2c1ccn2[C@@H]1O[C@@H]2COP(=O)(O)O[C@@H]3[C@H](O)[C@@H](COP(=O)(O)O[C@H]2[C@H]1O)O[C@H]3n1cnc2c(=O)[nH]ccc21.[C-]#[N+]c1cn([C@@H]2O[C@@H]3COP(=O)(O)O[C@@H]4[C@H](O)[C@@H](COP(=O)(O)O[C@H]3[C@H]2O)O[C@H]4n2cnc3c(=O)[nH]c(N)nc32)c2nccc(N)c12. The third-order valence-electron chi connectivity index (χ3n) is 22.9. The molecule has 62 nitrogen and oxygen atoms in total. The first-order valence-corrected chi connectivity index (χ1v) is 48.8. The van der Waals surface area contributed by atoms with E-state index in [0.717, 1.165) is 17.2 Å². The monoisotopic (exact) mass is 2020 g/mol. The predicted molar refractivity (Wildman–Crippen MR) is 449 cm³/mol. The zero-order chi connectivity index (χ0) is 96.2. The van der Waals surface area contributed by atoms with E-state index in [1.807, 2.05) is 0 Å². The molecule has 68 heteroatoms. The smallest absolute Gasteiger partial charge is 0.399 e. The summed E-state index contributed by atoms with van der Waals surface area (Å²) in [5.41, 5.74) is 29.2. The molecule has 6 unspecified atom stereocenters. The topological polar surface area (TPSA) is 870 Å². The summed E-state index contributed by atoms with van der Waals surface area (Å²) in [5.74, 6) is -0.532. The normalized spacial score (nSPS) is 36.9. The van der Waals surface area contributed by atoms with Crippen molar-refractivity contribution in [2.24, 2.45) is 0 Å². The average Bonchev–Trinajstić information content (AvgIpc) is 1.30. The summed E-state index contributed by atoms with van der Waals surface area (Å²) in [6.45, 7) is 6.71. The van der Waals surface area contributed by atoms with Crippen molar-refractivity contribution in [1.29, 1.82) is 0 Å². The second-order valence-electron chi connectivity index (χ2n) is 31.3. The summed E-state index contributed by atoms with van der Waals surface area (Å²) in [6, 6.07) is 7.69. The molecule has 12 aromatic heterocycles. The Bertz CT molecular complexity index is 7270. The molecule has 12 aromatic rings. The van der Waals surface area contributed by atoms with Gasteiger partial charge < -0.3 is 131 Å². The number of aromatic amines is 3. The van der Waals surface area contributed by atoms with Gasteiger partial charge in [-0.3, -0.25) is 92.3 Å². The molecule has 0 aromatic carbocycles. The van der Waals surface area contributed by atoms with Crippen molar-refractivity contribution in [1.82, 2.24) is 87.2 Å². The Morgan fingerprint density at radius 1 is 0.404 bits per heavy atom. The van der Waals surface area contributed by atoms with Crippen LogP contribution in [0.25, 0.3) is 71.4 Å². The lowest BCUT2D eigenvalue weighted by Crippen LogP contribution is -2.36. The summed E-state index contributed by atoms with van der Waals surface area (Å²) in [6.07, 6.45) is -21.8. The molecule has 0 amide bonds. The Balaban J connectivity index is 0.000000131. The van der Waals surface area contributed by atoms with E-state index in [2.05, 4.69) is 71.2 Å². The summed E-state index contributed by atoms with van der Waals surface area (Å²) in [7, 11) is -30.3. The number of hydrogen-bond donors (Lipinski definition) is 19. The molecular weight excluding hydrogens is 1950 g/mol. The summed E-state index contributed by atoms with van der Waals surface area (Å²) in [5, 5.41) is 56.4. The second kappa shape index (κ2) is 35.8. The van der Waals surface area contributed by atoms with Crippen LogP contribution < -0.4 is 45.3 Å². The number of hydrogen-bond acceptors (Lipinski definition) is 46. The zero-order valence-corrected chi connectivity index (χ0v) is 73.9. The van der Waals surface area contributed by atoms with E-state index < -0.39 is 244 Å². The lowest BCUT2D eigenvalue weighted by molar-refractivity contribution is -0.0672. The fraction of sp³-hybridized carbons (Fsp3) is 0.426. The van der Waals surface area contributed by atoms with E-state index in [9.17, 15) is 96.7 Å². The number of nitrogens with one attached hydrogen (secondary N) is 3. The Hall–Kier alpha value is -10.4. The summed E-state index contributed by atoms with van der Waals surface area (Å²) < 4.78 is 185. The third-order valence-corrected chi connectivity index (χ3v) is 28.7. The molecule has 0 radical (unpaired) electrons.